The quantitative estimate of drug-likeness (QED) is 0.209. The molecule has 0 N–H and O–H groups in total. The zero-order valence-corrected chi connectivity index (χ0v) is 24.4. The standard InChI is InChI=1S/C41H27N3O/c1-2-11-30-25-31(24-19-26(30)9-1)40-42-39(29-22-20-28(21-23-29)33-15-7-12-27-10-3-4-13-32(27)33)43-41(44-40)35-16-8-18-37-38(35)34-14-5-6-17-36(34)45-37/h1-14,16-25,33H,15H2. The molecule has 4 heteroatoms. The van der Waals surface area contributed by atoms with Crippen molar-refractivity contribution >= 4 is 38.8 Å². The normalized spacial score (nSPS) is 14.3. The Bertz CT molecular complexity index is 2420. The van der Waals surface area contributed by atoms with Gasteiger partial charge in [0.2, 0.25) is 0 Å². The van der Waals surface area contributed by atoms with Gasteiger partial charge in [-0.15, -0.1) is 0 Å². The Hall–Kier alpha value is -5.87. The van der Waals surface area contributed by atoms with Crippen molar-refractivity contribution in [3.05, 3.63) is 156 Å². The van der Waals surface area contributed by atoms with Gasteiger partial charge in [-0.3, -0.25) is 0 Å². The van der Waals surface area contributed by atoms with Crippen LogP contribution in [0.3, 0.4) is 0 Å². The van der Waals surface area contributed by atoms with Crippen molar-refractivity contribution in [2.45, 2.75) is 12.3 Å². The van der Waals surface area contributed by atoms with Crippen LogP contribution in [-0.4, -0.2) is 15.0 Å². The van der Waals surface area contributed by atoms with Crippen LogP contribution in [0.4, 0.5) is 0 Å². The zero-order chi connectivity index (χ0) is 29.7. The number of hydrogen-bond acceptors (Lipinski definition) is 4. The van der Waals surface area contributed by atoms with Gasteiger partial charge in [-0.05, 0) is 52.1 Å². The molecular weight excluding hydrogens is 550 g/mol. The first-order valence-electron chi connectivity index (χ1n) is 15.3. The van der Waals surface area contributed by atoms with Gasteiger partial charge >= 0.3 is 0 Å². The lowest BCUT2D eigenvalue weighted by Crippen LogP contribution is -2.05. The van der Waals surface area contributed by atoms with E-state index in [9.17, 15) is 0 Å². The Labute approximate surface area is 260 Å². The van der Waals surface area contributed by atoms with Crippen LogP contribution in [0, 0.1) is 0 Å². The van der Waals surface area contributed by atoms with Gasteiger partial charge in [-0.25, -0.2) is 15.0 Å². The molecule has 0 radical (unpaired) electrons. The summed E-state index contributed by atoms with van der Waals surface area (Å²) in [7, 11) is 0. The molecule has 2 heterocycles. The van der Waals surface area contributed by atoms with E-state index in [4.69, 9.17) is 19.4 Å². The molecule has 0 saturated heterocycles. The second-order valence-corrected chi connectivity index (χ2v) is 11.6. The lowest BCUT2D eigenvalue weighted by atomic mass is 9.82. The summed E-state index contributed by atoms with van der Waals surface area (Å²) in [6, 6.07) is 46.3. The lowest BCUT2D eigenvalue weighted by Gasteiger charge is -2.22. The van der Waals surface area contributed by atoms with Gasteiger partial charge in [-0.1, -0.05) is 127 Å². The average Bonchev–Trinajstić information content (AvgIpc) is 3.50. The molecule has 1 aliphatic carbocycles. The van der Waals surface area contributed by atoms with Crippen LogP contribution in [-0.2, 0) is 0 Å². The fourth-order valence-electron chi connectivity index (χ4n) is 6.66. The summed E-state index contributed by atoms with van der Waals surface area (Å²) in [5.41, 5.74) is 8.43. The molecule has 0 saturated carbocycles. The van der Waals surface area contributed by atoms with Gasteiger partial charge in [-0.2, -0.15) is 0 Å². The first kappa shape index (κ1) is 25.6. The molecule has 6 aromatic carbocycles. The third-order valence-corrected chi connectivity index (χ3v) is 8.90. The van der Waals surface area contributed by atoms with Crippen LogP contribution in [0.2, 0.25) is 0 Å². The molecule has 0 aliphatic heterocycles. The smallest absolute Gasteiger partial charge is 0.164 e. The molecule has 212 valence electrons. The number of hydrogen-bond donors (Lipinski definition) is 0. The minimum absolute atomic E-state index is 0.328. The molecule has 2 aromatic heterocycles. The van der Waals surface area contributed by atoms with Gasteiger partial charge in [0.1, 0.15) is 11.2 Å². The molecular formula is C41H27N3O. The summed E-state index contributed by atoms with van der Waals surface area (Å²) in [6.45, 7) is 0. The number of benzene rings is 6. The van der Waals surface area contributed by atoms with Crippen LogP contribution in [0.15, 0.2) is 144 Å². The van der Waals surface area contributed by atoms with Crippen molar-refractivity contribution in [2.24, 2.45) is 0 Å². The maximum Gasteiger partial charge on any atom is 0.164 e. The lowest BCUT2D eigenvalue weighted by molar-refractivity contribution is 0.669. The van der Waals surface area contributed by atoms with Gasteiger partial charge in [0.25, 0.3) is 0 Å². The molecule has 1 unspecified atom stereocenters. The Balaban J connectivity index is 1.21. The number of rotatable bonds is 4. The van der Waals surface area contributed by atoms with E-state index < -0.39 is 0 Å². The maximum absolute atomic E-state index is 6.21. The molecule has 9 rings (SSSR count). The first-order valence-corrected chi connectivity index (χ1v) is 15.3. The van der Waals surface area contributed by atoms with Gasteiger partial charge in [0, 0.05) is 33.4 Å². The summed E-state index contributed by atoms with van der Waals surface area (Å²) in [6.07, 6.45) is 5.49. The molecule has 0 amide bonds. The van der Waals surface area contributed by atoms with E-state index >= 15 is 0 Å². The Morgan fingerprint density at radius 2 is 1.27 bits per heavy atom. The number of aromatic nitrogens is 3. The number of nitrogens with zero attached hydrogens (tertiary/aromatic N) is 3. The van der Waals surface area contributed by atoms with Crippen molar-refractivity contribution in [1.82, 2.24) is 15.0 Å². The molecule has 1 atom stereocenters. The highest BCUT2D eigenvalue weighted by molar-refractivity contribution is 6.11. The SMILES string of the molecule is C1=Cc2ccccc2C(c2ccc(-c3nc(-c4ccc5ccccc5c4)nc(-c4cccc5oc6ccccc6c45)n3)cc2)C1. The number of fused-ring (bicyclic) bond motifs is 5. The summed E-state index contributed by atoms with van der Waals surface area (Å²) < 4.78 is 6.21. The van der Waals surface area contributed by atoms with E-state index in [2.05, 4.69) is 115 Å². The molecule has 4 nitrogen and oxygen atoms in total. The monoisotopic (exact) mass is 577 g/mol. The van der Waals surface area contributed by atoms with Crippen molar-refractivity contribution < 1.29 is 4.42 Å². The van der Waals surface area contributed by atoms with Crippen LogP contribution in [0.5, 0.6) is 0 Å². The van der Waals surface area contributed by atoms with E-state index in [0.717, 1.165) is 50.4 Å². The number of para-hydroxylation sites is 1. The van der Waals surface area contributed by atoms with E-state index in [1.807, 2.05) is 30.3 Å². The third kappa shape index (κ3) is 4.42. The number of furan rings is 1. The van der Waals surface area contributed by atoms with Crippen molar-refractivity contribution in [1.29, 1.82) is 0 Å². The molecule has 45 heavy (non-hydrogen) atoms. The topological polar surface area (TPSA) is 51.8 Å². The first-order chi connectivity index (χ1) is 22.3. The summed E-state index contributed by atoms with van der Waals surface area (Å²) in [4.78, 5) is 15.2. The fraction of sp³-hybridized carbons (Fsp3) is 0.0488. The Morgan fingerprint density at radius 3 is 2.18 bits per heavy atom. The van der Waals surface area contributed by atoms with Gasteiger partial charge in [0.05, 0.1) is 0 Å². The van der Waals surface area contributed by atoms with E-state index in [0.29, 0.717) is 23.4 Å². The minimum Gasteiger partial charge on any atom is -0.456 e. The zero-order valence-electron chi connectivity index (χ0n) is 24.4. The molecule has 0 spiro atoms. The Kier molecular flexibility index (Phi) is 5.91. The fourth-order valence-corrected chi connectivity index (χ4v) is 6.66. The predicted molar refractivity (Wildman–Crippen MR) is 183 cm³/mol. The summed E-state index contributed by atoms with van der Waals surface area (Å²) in [5, 5.41) is 4.38. The summed E-state index contributed by atoms with van der Waals surface area (Å²) in [5.74, 6) is 2.23. The molecule has 1 aliphatic rings. The van der Waals surface area contributed by atoms with Crippen molar-refractivity contribution in [3.8, 4) is 34.2 Å². The second kappa shape index (κ2) is 10.4. The highest BCUT2D eigenvalue weighted by Crippen LogP contribution is 2.38. The molecule has 8 aromatic rings. The minimum atomic E-state index is 0.328. The van der Waals surface area contributed by atoms with Crippen molar-refractivity contribution in [3.63, 3.8) is 0 Å². The van der Waals surface area contributed by atoms with Crippen LogP contribution < -0.4 is 0 Å². The Morgan fingerprint density at radius 1 is 0.556 bits per heavy atom. The van der Waals surface area contributed by atoms with Crippen LogP contribution in [0.25, 0.3) is 73.0 Å². The average molecular weight is 578 g/mol. The van der Waals surface area contributed by atoms with Gasteiger partial charge < -0.3 is 4.42 Å². The van der Waals surface area contributed by atoms with Crippen molar-refractivity contribution in [2.75, 3.05) is 0 Å². The van der Waals surface area contributed by atoms with Crippen LogP contribution in [0.1, 0.15) is 29.0 Å². The highest BCUT2D eigenvalue weighted by atomic mass is 16.3. The van der Waals surface area contributed by atoms with E-state index in [1.54, 1.807) is 0 Å². The number of allylic oxidation sites excluding steroid dienone is 1. The summed E-state index contributed by atoms with van der Waals surface area (Å²) >= 11 is 0. The second-order valence-electron chi connectivity index (χ2n) is 11.6. The highest BCUT2D eigenvalue weighted by Gasteiger charge is 2.20. The largest absolute Gasteiger partial charge is 0.456 e. The van der Waals surface area contributed by atoms with E-state index in [1.165, 1.54) is 22.1 Å². The molecule has 0 bridgehead atoms. The van der Waals surface area contributed by atoms with Gasteiger partial charge in [0.15, 0.2) is 17.5 Å². The van der Waals surface area contributed by atoms with E-state index in [-0.39, 0.29) is 0 Å². The maximum atomic E-state index is 6.21. The van der Waals surface area contributed by atoms with Crippen LogP contribution >= 0.6 is 0 Å². The molecule has 0 fully saturated rings. The predicted octanol–water partition coefficient (Wildman–Crippen LogP) is 10.5. The third-order valence-electron chi connectivity index (χ3n) is 8.90.